The van der Waals surface area contributed by atoms with Crippen LogP contribution in [-0.2, 0) is 11.2 Å². The number of nitrogens with zero attached hydrogens (tertiary/aromatic N) is 3. The molecule has 0 radical (unpaired) electrons. The highest BCUT2D eigenvalue weighted by atomic mass is 32.1. The molecule has 3 amide bonds. The second-order valence-electron chi connectivity index (χ2n) is 5.98. The first kappa shape index (κ1) is 16.5. The number of nitrogens with one attached hydrogen (secondary N) is 1. The van der Waals surface area contributed by atoms with E-state index in [0.29, 0.717) is 24.1 Å². The number of benzene rings is 1. The van der Waals surface area contributed by atoms with Crippen molar-refractivity contribution in [1.29, 1.82) is 0 Å². The van der Waals surface area contributed by atoms with Gasteiger partial charge in [-0.1, -0.05) is 12.1 Å². The van der Waals surface area contributed by atoms with E-state index in [1.165, 1.54) is 0 Å². The normalized spacial score (nSPS) is 13.5. The molecule has 0 aliphatic carbocycles. The minimum atomic E-state index is -0.337. The van der Waals surface area contributed by atoms with Gasteiger partial charge in [0.25, 0.3) is 11.8 Å². The van der Waals surface area contributed by atoms with Gasteiger partial charge in [-0.3, -0.25) is 23.7 Å². The van der Waals surface area contributed by atoms with Gasteiger partial charge in [0.15, 0.2) is 4.96 Å². The standard InChI is InChI=1S/C18H16N4O3S/c23-15(19-7-5-12-11-21-9-10-26-18(21)20-12)6-8-22-16(24)13-3-1-2-4-14(13)17(22)25/h1-4,9-11H,5-8H2,(H,19,23). The predicted octanol–water partition coefficient (Wildman–Crippen LogP) is 1.74. The summed E-state index contributed by atoms with van der Waals surface area (Å²) in [6, 6.07) is 6.71. The van der Waals surface area contributed by atoms with Gasteiger partial charge < -0.3 is 5.32 Å². The zero-order valence-electron chi connectivity index (χ0n) is 13.8. The molecule has 4 rings (SSSR count). The van der Waals surface area contributed by atoms with Crippen molar-refractivity contribution < 1.29 is 14.4 Å². The van der Waals surface area contributed by atoms with Crippen molar-refractivity contribution in [3.05, 3.63) is 58.9 Å². The Morgan fingerprint density at radius 2 is 1.88 bits per heavy atom. The molecule has 132 valence electrons. The van der Waals surface area contributed by atoms with Crippen LogP contribution in [0.5, 0.6) is 0 Å². The van der Waals surface area contributed by atoms with Gasteiger partial charge in [-0.05, 0) is 12.1 Å². The van der Waals surface area contributed by atoms with Crippen LogP contribution in [0.3, 0.4) is 0 Å². The number of carbonyl (C=O) groups excluding carboxylic acids is 3. The third kappa shape index (κ3) is 2.99. The van der Waals surface area contributed by atoms with Crippen LogP contribution in [0, 0.1) is 0 Å². The van der Waals surface area contributed by atoms with E-state index >= 15 is 0 Å². The average molecular weight is 368 g/mol. The summed E-state index contributed by atoms with van der Waals surface area (Å²) in [7, 11) is 0. The molecule has 3 heterocycles. The van der Waals surface area contributed by atoms with Crippen LogP contribution in [0.15, 0.2) is 42.0 Å². The van der Waals surface area contributed by atoms with E-state index in [9.17, 15) is 14.4 Å². The Kier molecular flexibility index (Phi) is 4.26. The maximum atomic E-state index is 12.2. The van der Waals surface area contributed by atoms with Gasteiger partial charge in [0.2, 0.25) is 5.91 Å². The third-order valence-electron chi connectivity index (χ3n) is 4.29. The molecule has 1 aliphatic heterocycles. The van der Waals surface area contributed by atoms with Crippen LogP contribution in [0.4, 0.5) is 0 Å². The number of carbonyl (C=O) groups is 3. The van der Waals surface area contributed by atoms with E-state index in [0.717, 1.165) is 15.6 Å². The van der Waals surface area contributed by atoms with Crippen LogP contribution in [-0.4, -0.2) is 45.1 Å². The molecule has 1 aliphatic rings. The summed E-state index contributed by atoms with van der Waals surface area (Å²) >= 11 is 1.56. The fourth-order valence-electron chi connectivity index (χ4n) is 2.97. The average Bonchev–Trinajstić information content (AvgIpc) is 3.28. The Hall–Kier alpha value is -3.00. The molecule has 26 heavy (non-hydrogen) atoms. The molecular formula is C18H16N4O3S. The molecule has 0 spiro atoms. The molecule has 0 fully saturated rings. The summed E-state index contributed by atoms with van der Waals surface area (Å²) in [6.07, 6.45) is 4.60. The summed E-state index contributed by atoms with van der Waals surface area (Å²) in [5.41, 5.74) is 1.72. The molecule has 0 unspecified atom stereocenters. The lowest BCUT2D eigenvalue weighted by Crippen LogP contribution is -2.35. The highest BCUT2D eigenvalue weighted by Crippen LogP contribution is 2.22. The van der Waals surface area contributed by atoms with E-state index in [-0.39, 0.29) is 30.7 Å². The quantitative estimate of drug-likeness (QED) is 0.672. The topological polar surface area (TPSA) is 83.8 Å². The number of imide groups is 1. The van der Waals surface area contributed by atoms with Crippen molar-refractivity contribution in [2.45, 2.75) is 12.8 Å². The largest absolute Gasteiger partial charge is 0.356 e. The SMILES string of the molecule is O=C(CCN1C(=O)c2ccccc2C1=O)NCCc1cn2ccsc2n1. The maximum Gasteiger partial charge on any atom is 0.261 e. The second kappa shape index (κ2) is 6.72. The fourth-order valence-corrected chi connectivity index (χ4v) is 3.69. The zero-order chi connectivity index (χ0) is 18.1. The number of thiazole rings is 1. The molecule has 1 aromatic carbocycles. The Labute approximate surface area is 153 Å². The summed E-state index contributed by atoms with van der Waals surface area (Å²) in [4.78, 5) is 43.0. The van der Waals surface area contributed by atoms with Crippen molar-refractivity contribution in [3.8, 4) is 0 Å². The van der Waals surface area contributed by atoms with Crippen molar-refractivity contribution >= 4 is 34.0 Å². The third-order valence-corrected chi connectivity index (χ3v) is 5.06. The lowest BCUT2D eigenvalue weighted by Gasteiger charge is -2.13. The number of hydrogen-bond donors (Lipinski definition) is 1. The van der Waals surface area contributed by atoms with E-state index in [2.05, 4.69) is 10.3 Å². The molecular weight excluding hydrogens is 352 g/mol. The Bertz CT molecular complexity index is 943. The van der Waals surface area contributed by atoms with Crippen molar-refractivity contribution in [2.24, 2.45) is 0 Å². The highest BCUT2D eigenvalue weighted by molar-refractivity contribution is 7.15. The molecule has 1 N–H and O–H groups in total. The number of amides is 3. The van der Waals surface area contributed by atoms with Gasteiger partial charge in [0.1, 0.15) is 0 Å². The van der Waals surface area contributed by atoms with Crippen LogP contribution < -0.4 is 5.32 Å². The molecule has 0 saturated carbocycles. The van der Waals surface area contributed by atoms with Gasteiger partial charge in [0.05, 0.1) is 16.8 Å². The molecule has 0 atom stereocenters. The molecule has 3 aromatic rings. The smallest absolute Gasteiger partial charge is 0.261 e. The summed E-state index contributed by atoms with van der Waals surface area (Å²) < 4.78 is 1.95. The van der Waals surface area contributed by atoms with Crippen molar-refractivity contribution in [2.75, 3.05) is 13.1 Å². The minimum absolute atomic E-state index is 0.0817. The second-order valence-corrected chi connectivity index (χ2v) is 6.86. The van der Waals surface area contributed by atoms with E-state index < -0.39 is 0 Å². The number of fused-ring (bicyclic) bond motifs is 2. The van der Waals surface area contributed by atoms with Crippen LogP contribution >= 0.6 is 11.3 Å². The Morgan fingerprint density at radius 1 is 1.15 bits per heavy atom. The molecule has 2 aromatic heterocycles. The van der Waals surface area contributed by atoms with Crippen LogP contribution in [0.1, 0.15) is 32.8 Å². The van der Waals surface area contributed by atoms with Gasteiger partial charge in [-0.25, -0.2) is 4.98 Å². The number of imidazole rings is 1. The first-order valence-electron chi connectivity index (χ1n) is 8.26. The molecule has 0 saturated heterocycles. The summed E-state index contributed by atoms with van der Waals surface area (Å²) in [6.45, 7) is 0.546. The molecule has 8 heteroatoms. The first-order valence-corrected chi connectivity index (χ1v) is 9.14. The number of hydrogen-bond acceptors (Lipinski definition) is 5. The highest BCUT2D eigenvalue weighted by Gasteiger charge is 2.34. The van der Waals surface area contributed by atoms with Gasteiger partial charge in [-0.2, -0.15) is 0 Å². The minimum Gasteiger partial charge on any atom is -0.356 e. The lowest BCUT2D eigenvalue weighted by molar-refractivity contribution is -0.121. The van der Waals surface area contributed by atoms with Crippen LogP contribution in [0.25, 0.3) is 4.96 Å². The monoisotopic (exact) mass is 368 g/mol. The zero-order valence-corrected chi connectivity index (χ0v) is 14.7. The van der Waals surface area contributed by atoms with Crippen molar-refractivity contribution in [3.63, 3.8) is 0 Å². The van der Waals surface area contributed by atoms with Gasteiger partial charge in [-0.15, -0.1) is 11.3 Å². The fraction of sp³-hybridized carbons (Fsp3) is 0.222. The van der Waals surface area contributed by atoms with E-state index in [1.54, 1.807) is 35.6 Å². The summed E-state index contributed by atoms with van der Waals surface area (Å²) in [5, 5.41) is 4.77. The number of rotatable bonds is 6. The van der Waals surface area contributed by atoms with Gasteiger partial charge in [0, 0.05) is 43.7 Å². The van der Waals surface area contributed by atoms with Crippen LogP contribution in [0.2, 0.25) is 0 Å². The first-order chi connectivity index (χ1) is 12.6. The van der Waals surface area contributed by atoms with Crippen molar-refractivity contribution in [1.82, 2.24) is 19.6 Å². The molecule has 0 bridgehead atoms. The van der Waals surface area contributed by atoms with E-state index in [4.69, 9.17) is 0 Å². The summed E-state index contributed by atoms with van der Waals surface area (Å²) in [5.74, 6) is -0.865. The predicted molar refractivity (Wildman–Crippen MR) is 96.2 cm³/mol. The lowest BCUT2D eigenvalue weighted by atomic mass is 10.1. The van der Waals surface area contributed by atoms with E-state index in [1.807, 2.05) is 22.2 Å². The molecule has 7 nitrogen and oxygen atoms in total. The van der Waals surface area contributed by atoms with Gasteiger partial charge >= 0.3 is 0 Å². The Morgan fingerprint density at radius 3 is 2.58 bits per heavy atom. The maximum absolute atomic E-state index is 12.2. The number of aromatic nitrogens is 2. The Balaban J connectivity index is 1.26.